The molecule has 3 aliphatic heterocycles. The number of likely N-dealkylation sites (tertiary alicyclic amines) is 1. The first-order valence-electron chi connectivity index (χ1n) is 9.11. The SMILES string of the molecule is Cc1ccc([C@@H]2C(C#N)=C3Oc4ccccc4N3[C@@H]3C(=O)N(C)C(=O)[C@@H]32)cc1. The van der Waals surface area contributed by atoms with Crippen LogP contribution in [0.3, 0.4) is 0 Å². The van der Waals surface area contributed by atoms with Gasteiger partial charge in [0, 0.05) is 13.0 Å². The van der Waals surface area contributed by atoms with Crippen molar-refractivity contribution >= 4 is 17.5 Å². The van der Waals surface area contributed by atoms with E-state index >= 15 is 0 Å². The third-order valence-corrected chi connectivity index (χ3v) is 5.83. The van der Waals surface area contributed by atoms with E-state index in [2.05, 4.69) is 6.07 Å². The Labute approximate surface area is 162 Å². The predicted molar refractivity (Wildman–Crippen MR) is 101 cm³/mol. The van der Waals surface area contributed by atoms with Gasteiger partial charge in [-0.3, -0.25) is 19.4 Å². The van der Waals surface area contributed by atoms with E-state index in [1.165, 1.54) is 11.9 Å². The molecule has 0 aliphatic carbocycles. The highest BCUT2D eigenvalue weighted by atomic mass is 16.5. The summed E-state index contributed by atoms with van der Waals surface area (Å²) in [4.78, 5) is 29.0. The highest BCUT2D eigenvalue weighted by Gasteiger charge is 2.59. The standard InChI is InChI=1S/C22H17N3O3/c1-12-7-9-13(10-8-12)17-14(11-23)22-25(15-5-3-4-6-16(15)28-22)19-18(17)20(26)24(2)21(19)27/h3-10,17-19H,1-2H3/t17-,18-,19+/m1/s1. The maximum absolute atomic E-state index is 13.1. The average Bonchev–Trinajstić information content (AvgIpc) is 3.19. The first-order chi connectivity index (χ1) is 13.5. The van der Waals surface area contributed by atoms with Crippen LogP contribution in [-0.2, 0) is 9.59 Å². The summed E-state index contributed by atoms with van der Waals surface area (Å²) in [6.07, 6.45) is 0. The van der Waals surface area contributed by atoms with Gasteiger partial charge in [-0.2, -0.15) is 5.26 Å². The molecule has 5 rings (SSSR count). The lowest BCUT2D eigenvalue weighted by Gasteiger charge is -2.37. The Bertz CT molecular complexity index is 1100. The molecule has 0 N–H and O–H groups in total. The second-order valence-corrected chi connectivity index (χ2v) is 7.36. The molecule has 2 amide bonds. The van der Waals surface area contributed by atoms with Crippen LogP contribution in [0.5, 0.6) is 5.75 Å². The fraction of sp³-hybridized carbons (Fsp3) is 0.227. The third-order valence-electron chi connectivity index (χ3n) is 5.83. The van der Waals surface area contributed by atoms with Crippen molar-refractivity contribution in [1.82, 2.24) is 4.90 Å². The molecule has 3 aliphatic rings. The summed E-state index contributed by atoms with van der Waals surface area (Å²) in [5, 5.41) is 10.0. The van der Waals surface area contributed by atoms with Crippen LogP contribution in [-0.4, -0.2) is 29.8 Å². The number of imide groups is 1. The van der Waals surface area contributed by atoms with E-state index in [0.717, 1.165) is 11.1 Å². The van der Waals surface area contributed by atoms with Gasteiger partial charge in [-0.25, -0.2) is 0 Å². The summed E-state index contributed by atoms with van der Waals surface area (Å²) in [7, 11) is 1.50. The van der Waals surface area contributed by atoms with E-state index < -0.39 is 17.9 Å². The number of benzene rings is 2. The molecular weight excluding hydrogens is 354 g/mol. The van der Waals surface area contributed by atoms with Crippen LogP contribution in [0.15, 0.2) is 60.0 Å². The molecule has 138 valence electrons. The Hall–Kier alpha value is -3.59. The van der Waals surface area contributed by atoms with Crippen LogP contribution in [0.25, 0.3) is 0 Å². The molecule has 2 aromatic carbocycles. The largest absolute Gasteiger partial charge is 0.438 e. The summed E-state index contributed by atoms with van der Waals surface area (Å²) < 4.78 is 6.02. The summed E-state index contributed by atoms with van der Waals surface area (Å²) in [6.45, 7) is 1.98. The number of nitriles is 1. The maximum Gasteiger partial charge on any atom is 0.252 e. The number of carbonyl (C=O) groups is 2. The number of likely N-dealkylation sites (N-methyl/N-ethyl adjacent to an activating group) is 1. The van der Waals surface area contributed by atoms with E-state index in [4.69, 9.17) is 4.74 Å². The van der Waals surface area contributed by atoms with Gasteiger partial charge in [0.15, 0.2) is 5.75 Å². The molecule has 6 nitrogen and oxygen atoms in total. The fourth-order valence-corrected chi connectivity index (χ4v) is 4.46. The number of hydrogen-bond donors (Lipinski definition) is 0. The smallest absolute Gasteiger partial charge is 0.252 e. The van der Waals surface area contributed by atoms with Crippen molar-refractivity contribution in [2.45, 2.75) is 18.9 Å². The molecule has 1 saturated heterocycles. The van der Waals surface area contributed by atoms with Crippen molar-refractivity contribution < 1.29 is 14.3 Å². The number of amides is 2. The van der Waals surface area contributed by atoms with Gasteiger partial charge in [-0.1, -0.05) is 42.0 Å². The first-order valence-corrected chi connectivity index (χ1v) is 9.11. The van der Waals surface area contributed by atoms with Crippen LogP contribution in [0, 0.1) is 24.2 Å². The summed E-state index contributed by atoms with van der Waals surface area (Å²) >= 11 is 0. The molecule has 6 heteroatoms. The number of anilines is 1. The topological polar surface area (TPSA) is 73.6 Å². The Morgan fingerprint density at radius 2 is 1.75 bits per heavy atom. The quantitative estimate of drug-likeness (QED) is 0.721. The zero-order valence-electron chi connectivity index (χ0n) is 15.4. The van der Waals surface area contributed by atoms with Gasteiger partial charge in [0.25, 0.3) is 5.91 Å². The minimum absolute atomic E-state index is 0.267. The molecule has 0 radical (unpaired) electrons. The van der Waals surface area contributed by atoms with Gasteiger partial charge < -0.3 is 4.74 Å². The average molecular weight is 371 g/mol. The lowest BCUT2D eigenvalue weighted by Crippen LogP contribution is -2.48. The van der Waals surface area contributed by atoms with Crippen LogP contribution >= 0.6 is 0 Å². The Morgan fingerprint density at radius 1 is 1.04 bits per heavy atom. The molecule has 3 heterocycles. The van der Waals surface area contributed by atoms with Crippen molar-refractivity contribution in [3.8, 4) is 11.8 Å². The maximum atomic E-state index is 13.1. The van der Waals surface area contributed by atoms with Crippen LogP contribution in [0.1, 0.15) is 17.0 Å². The summed E-state index contributed by atoms with van der Waals surface area (Å²) in [5.74, 6) is -0.806. The normalized spacial score (nSPS) is 25.2. The molecule has 0 unspecified atom stereocenters. The van der Waals surface area contributed by atoms with Crippen LogP contribution in [0.4, 0.5) is 5.69 Å². The Morgan fingerprint density at radius 3 is 2.46 bits per heavy atom. The number of para-hydroxylation sites is 2. The van der Waals surface area contributed by atoms with E-state index in [1.807, 2.05) is 49.4 Å². The van der Waals surface area contributed by atoms with Crippen LogP contribution in [0.2, 0.25) is 0 Å². The highest BCUT2D eigenvalue weighted by Crippen LogP contribution is 2.53. The summed E-state index contributed by atoms with van der Waals surface area (Å²) in [6, 6.07) is 16.6. The number of rotatable bonds is 1. The number of nitrogens with zero attached hydrogens (tertiary/aromatic N) is 3. The van der Waals surface area contributed by atoms with Crippen LogP contribution < -0.4 is 9.64 Å². The number of aryl methyl sites for hydroxylation is 1. The van der Waals surface area contributed by atoms with Gasteiger partial charge in [-0.15, -0.1) is 0 Å². The zero-order chi connectivity index (χ0) is 19.6. The van der Waals surface area contributed by atoms with Gasteiger partial charge >= 0.3 is 0 Å². The summed E-state index contributed by atoms with van der Waals surface area (Å²) in [5.41, 5.74) is 3.00. The van der Waals surface area contributed by atoms with E-state index in [0.29, 0.717) is 22.9 Å². The van der Waals surface area contributed by atoms with Crippen molar-refractivity contribution in [3.05, 3.63) is 71.1 Å². The number of ether oxygens (including phenoxy) is 1. The van der Waals surface area contributed by atoms with E-state index in [9.17, 15) is 14.9 Å². The fourth-order valence-electron chi connectivity index (χ4n) is 4.46. The van der Waals surface area contributed by atoms with Gasteiger partial charge in [0.05, 0.1) is 17.2 Å². The number of fused-ring (bicyclic) bond motifs is 5. The lowest BCUT2D eigenvalue weighted by molar-refractivity contribution is -0.137. The number of hydrogen-bond acceptors (Lipinski definition) is 5. The molecule has 2 aromatic rings. The van der Waals surface area contributed by atoms with Crippen molar-refractivity contribution in [1.29, 1.82) is 5.26 Å². The molecule has 0 aromatic heterocycles. The second kappa shape index (κ2) is 5.70. The van der Waals surface area contributed by atoms with E-state index in [-0.39, 0.29) is 11.8 Å². The van der Waals surface area contributed by atoms with E-state index in [1.54, 1.807) is 11.0 Å². The first kappa shape index (κ1) is 16.6. The van der Waals surface area contributed by atoms with Gasteiger partial charge in [-0.05, 0) is 24.6 Å². The third kappa shape index (κ3) is 2.01. The Kier molecular flexibility index (Phi) is 3.37. The molecule has 0 bridgehead atoms. The molecule has 0 spiro atoms. The van der Waals surface area contributed by atoms with Gasteiger partial charge in [0.2, 0.25) is 11.8 Å². The molecular formula is C22H17N3O3. The minimum Gasteiger partial charge on any atom is -0.438 e. The zero-order valence-corrected chi connectivity index (χ0v) is 15.4. The van der Waals surface area contributed by atoms with Gasteiger partial charge in [0.1, 0.15) is 12.1 Å². The van der Waals surface area contributed by atoms with Crippen molar-refractivity contribution in [3.63, 3.8) is 0 Å². The monoisotopic (exact) mass is 371 g/mol. The molecule has 1 fully saturated rings. The number of carbonyl (C=O) groups excluding carboxylic acids is 2. The highest BCUT2D eigenvalue weighted by molar-refractivity contribution is 6.10. The molecule has 3 atom stereocenters. The second-order valence-electron chi connectivity index (χ2n) is 7.36. The Balaban J connectivity index is 1.78. The molecule has 0 saturated carbocycles. The number of allylic oxidation sites excluding steroid dienone is 1. The minimum atomic E-state index is -0.723. The molecule has 28 heavy (non-hydrogen) atoms. The van der Waals surface area contributed by atoms with Crippen molar-refractivity contribution in [2.24, 2.45) is 5.92 Å². The lowest BCUT2D eigenvalue weighted by atomic mass is 9.75. The predicted octanol–water partition coefficient (Wildman–Crippen LogP) is 2.71. The van der Waals surface area contributed by atoms with Crippen molar-refractivity contribution in [2.75, 3.05) is 11.9 Å².